The Hall–Kier alpha value is -0.120. The van der Waals surface area contributed by atoms with Gasteiger partial charge in [0.2, 0.25) is 0 Å². The molecule has 3 heteroatoms. The Morgan fingerprint density at radius 2 is 1.81 bits per heavy atom. The lowest BCUT2D eigenvalue weighted by atomic mass is 10.1. The first kappa shape index (κ1) is 18.3. The van der Waals surface area contributed by atoms with Crippen LogP contribution in [0.3, 0.4) is 0 Å². The highest BCUT2D eigenvalue weighted by Gasteiger charge is 2.14. The first-order chi connectivity index (χ1) is 7.54. The van der Waals surface area contributed by atoms with Crippen molar-refractivity contribution >= 4 is 0 Å². The fraction of sp³-hybridized carbons (Fsp3) is 1.00. The minimum Gasteiger partial charge on any atom is -0.382 e. The van der Waals surface area contributed by atoms with E-state index < -0.39 is 0 Å². The van der Waals surface area contributed by atoms with Gasteiger partial charge in [0.15, 0.2) is 0 Å². The summed E-state index contributed by atoms with van der Waals surface area (Å²) >= 11 is 0. The van der Waals surface area contributed by atoms with Crippen molar-refractivity contribution in [2.75, 3.05) is 33.9 Å². The summed E-state index contributed by atoms with van der Waals surface area (Å²) < 4.78 is 10.4. The van der Waals surface area contributed by atoms with E-state index in [1.807, 2.05) is 14.0 Å². The van der Waals surface area contributed by atoms with Gasteiger partial charge in [-0.25, -0.2) is 0 Å². The molecule has 0 fully saturated rings. The Kier molecular flexibility index (Phi) is 14.8. The predicted octanol–water partition coefficient (Wildman–Crippen LogP) is 2.84. The van der Waals surface area contributed by atoms with E-state index in [0.29, 0.717) is 0 Å². The molecule has 100 valence electrons. The highest BCUT2D eigenvalue weighted by Crippen LogP contribution is 2.11. The van der Waals surface area contributed by atoms with Crippen molar-refractivity contribution in [1.29, 1.82) is 0 Å². The normalized spacial score (nSPS) is 10.9. The molecule has 16 heavy (non-hydrogen) atoms. The van der Waals surface area contributed by atoms with Crippen molar-refractivity contribution < 1.29 is 9.47 Å². The van der Waals surface area contributed by atoms with E-state index in [9.17, 15) is 0 Å². The Labute approximate surface area is 102 Å². The molecule has 0 spiro atoms. The van der Waals surface area contributed by atoms with Gasteiger partial charge in [0.1, 0.15) is 0 Å². The van der Waals surface area contributed by atoms with Crippen molar-refractivity contribution in [3.8, 4) is 0 Å². The first-order valence-electron chi connectivity index (χ1n) is 6.31. The molecule has 0 atom stereocenters. The molecule has 0 saturated heterocycles. The highest BCUT2D eigenvalue weighted by atomic mass is 16.5. The van der Waals surface area contributed by atoms with Gasteiger partial charge < -0.3 is 14.8 Å². The molecule has 0 rings (SSSR count). The summed E-state index contributed by atoms with van der Waals surface area (Å²) in [5.74, 6) is 0. The number of nitrogens with one attached hydrogen (secondary N) is 1. The zero-order chi connectivity index (χ0) is 12.9. The second kappa shape index (κ2) is 12.9. The molecule has 0 bridgehead atoms. The maximum atomic E-state index is 5.20. The van der Waals surface area contributed by atoms with Crippen LogP contribution >= 0.6 is 0 Å². The number of rotatable bonds is 8. The maximum Gasteiger partial charge on any atom is 0.0644 e. The molecule has 0 aromatic carbocycles. The monoisotopic (exact) mass is 233 g/mol. The molecule has 0 radical (unpaired) electrons. The first-order valence-corrected chi connectivity index (χ1v) is 6.31. The lowest BCUT2D eigenvalue weighted by Gasteiger charge is -2.22. The summed E-state index contributed by atoms with van der Waals surface area (Å²) in [4.78, 5) is 0. The molecule has 0 aliphatic rings. The van der Waals surface area contributed by atoms with E-state index in [1.165, 1.54) is 12.8 Å². The topological polar surface area (TPSA) is 30.5 Å². The lowest BCUT2D eigenvalue weighted by molar-refractivity contribution is -0.00819. The van der Waals surface area contributed by atoms with Gasteiger partial charge in [-0.15, -0.1) is 0 Å². The van der Waals surface area contributed by atoms with Crippen molar-refractivity contribution in [2.45, 2.75) is 52.6 Å². The number of ether oxygens (including phenoxy) is 2. The maximum absolute atomic E-state index is 5.20. The Morgan fingerprint density at radius 3 is 2.12 bits per heavy atom. The van der Waals surface area contributed by atoms with Gasteiger partial charge in [-0.1, -0.05) is 13.3 Å². The summed E-state index contributed by atoms with van der Waals surface area (Å²) in [5, 5.41) is 3.07. The van der Waals surface area contributed by atoms with Crippen LogP contribution in [-0.2, 0) is 9.47 Å². The van der Waals surface area contributed by atoms with E-state index >= 15 is 0 Å². The van der Waals surface area contributed by atoms with Crippen LogP contribution in [0.1, 0.15) is 47.0 Å². The van der Waals surface area contributed by atoms with Crippen molar-refractivity contribution in [3.63, 3.8) is 0 Å². The van der Waals surface area contributed by atoms with Crippen LogP contribution in [0.25, 0.3) is 0 Å². The minimum absolute atomic E-state index is 0.0326. The summed E-state index contributed by atoms with van der Waals surface area (Å²) in [6.45, 7) is 11.1. The zero-order valence-electron chi connectivity index (χ0n) is 12.1. The molecular weight excluding hydrogens is 202 g/mol. The van der Waals surface area contributed by atoms with Crippen LogP contribution in [0.15, 0.2) is 0 Å². The number of hydrogen-bond donors (Lipinski definition) is 1. The Morgan fingerprint density at radius 1 is 1.19 bits per heavy atom. The van der Waals surface area contributed by atoms with Gasteiger partial charge in [-0.05, 0) is 47.2 Å². The second-order valence-electron chi connectivity index (χ2n) is 4.37. The standard InChI is InChI=1S/C8H18O2.C5H13N/c1-5-10-7-6-8(2,3)9-4;1-3-4-5-6-2/h5-7H2,1-4H3;6H,3-5H2,1-2H3. The molecule has 0 amide bonds. The zero-order valence-corrected chi connectivity index (χ0v) is 12.1. The minimum atomic E-state index is -0.0326. The Balaban J connectivity index is 0. The third-order valence-corrected chi connectivity index (χ3v) is 2.39. The van der Waals surface area contributed by atoms with E-state index in [4.69, 9.17) is 9.47 Å². The smallest absolute Gasteiger partial charge is 0.0644 e. The highest BCUT2D eigenvalue weighted by molar-refractivity contribution is 4.66. The molecule has 1 N–H and O–H groups in total. The fourth-order valence-corrected chi connectivity index (χ4v) is 0.918. The van der Waals surface area contributed by atoms with E-state index in [2.05, 4.69) is 26.1 Å². The average Bonchev–Trinajstić information content (AvgIpc) is 2.27. The summed E-state index contributed by atoms with van der Waals surface area (Å²) in [7, 11) is 3.71. The number of methoxy groups -OCH3 is 1. The molecule has 0 aromatic rings. The van der Waals surface area contributed by atoms with E-state index in [1.54, 1.807) is 7.11 Å². The molecule has 0 unspecified atom stereocenters. The van der Waals surface area contributed by atoms with Crippen molar-refractivity contribution in [1.82, 2.24) is 5.32 Å². The van der Waals surface area contributed by atoms with Crippen LogP contribution in [0, 0.1) is 0 Å². The van der Waals surface area contributed by atoms with Gasteiger partial charge >= 0.3 is 0 Å². The molecular formula is C13H31NO2. The lowest BCUT2D eigenvalue weighted by Crippen LogP contribution is -2.24. The van der Waals surface area contributed by atoms with E-state index in [0.717, 1.165) is 26.2 Å². The SMILES string of the molecule is CCCCNC.CCOCCC(C)(C)OC. The van der Waals surface area contributed by atoms with Gasteiger partial charge in [-0.3, -0.25) is 0 Å². The molecule has 0 aliphatic heterocycles. The molecule has 0 aliphatic carbocycles. The van der Waals surface area contributed by atoms with Crippen molar-refractivity contribution in [3.05, 3.63) is 0 Å². The van der Waals surface area contributed by atoms with E-state index in [-0.39, 0.29) is 5.60 Å². The third kappa shape index (κ3) is 16.3. The summed E-state index contributed by atoms with van der Waals surface area (Å²) in [6.07, 6.45) is 3.55. The molecule has 3 nitrogen and oxygen atoms in total. The summed E-state index contributed by atoms with van der Waals surface area (Å²) in [5.41, 5.74) is -0.0326. The van der Waals surface area contributed by atoms with Gasteiger partial charge in [0.05, 0.1) is 5.60 Å². The third-order valence-electron chi connectivity index (χ3n) is 2.39. The largest absolute Gasteiger partial charge is 0.382 e. The van der Waals surface area contributed by atoms with Crippen molar-refractivity contribution in [2.24, 2.45) is 0 Å². The second-order valence-corrected chi connectivity index (χ2v) is 4.37. The summed E-state index contributed by atoms with van der Waals surface area (Å²) in [6, 6.07) is 0. The quantitative estimate of drug-likeness (QED) is 0.654. The number of unbranched alkanes of at least 4 members (excludes halogenated alkanes) is 1. The van der Waals surface area contributed by atoms with Crippen LogP contribution in [0.2, 0.25) is 0 Å². The Bertz CT molecular complexity index is 123. The molecule has 0 aromatic heterocycles. The molecule has 0 heterocycles. The number of hydrogen-bond acceptors (Lipinski definition) is 3. The average molecular weight is 233 g/mol. The predicted molar refractivity (Wildman–Crippen MR) is 71.0 cm³/mol. The van der Waals surface area contributed by atoms with Crippen LogP contribution in [0.5, 0.6) is 0 Å². The van der Waals surface area contributed by atoms with Gasteiger partial charge in [-0.2, -0.15) is 0 Å². The molecule has 0 saturated carbocycles. The van der Waals surface area contributed by atoms with Crippen LogP contribution in [-0.4, -0.2) is 39.5 Å². The van der Waals surface area contributed by atoms with Gasteiger partial charge in [0.25, 0.3) is 0 Å². The van der Waals surface area contributed by atoms with Gasteiger partial charge in [0, 0.05) is 20.3 Å². The fourth-order valence-electron chi connectivity index (χ4n) is 0.918. The van der Waals surface area contributed by atoms with Crippen LogP contribution < -0.4 is 5.32 Å². The van der Waals surface area contributed by atoms with Crippen LogP contribution in [0.4, 0.5) is 0 Å².